The van der Waals surface area contributed by atoms with Crippen LogP contribution in [0.25, 0.3) is 0 Å². The largest absolute Gasteiger partial charge is 0.489 e. The highest BCUT2D eigenvalue weighted by atomic mass is 16.5. The topological polar surface area (TPSA) is 48.9 Å². The molecular weight excluding hydrogens is 288 g/mol. The number of guanidine groups is 1. The molecule has 1 heterocycles. The average molecular weight is 318 g/mol. The highest BCUT2D eigenvalue weighted by molar-refractivity contribution is 5.79. The van der Waals surface area contributed by atoms with Gasteiger partial charge in [0, 0.05) is 20.1 Å². The molecule has 0 radical (unpaired) electrons. The highest BCUT2D eigenvalue weighted by Crippen LogP contribution is 2.17. The Morgan fingerprint density at radius 3 is 2.83 bits per heavy atom. The third-order valence-corrected chi connectivity index (χ3v) is 4.25. The summed E-state index contributed by atoms with van der Waals surface area (Å²) in [5, 5.41) is 6.76. The molecule has 1 aromatic rings. The van der Waals surface area contributed by atoms with Crippen molar-refractivity contribution in [2.75, 3.05) is 40.3 Å². The summed E-state index contributed by atoms with van der Waals surface area (Å²) in [6.45, 7) is 8.18. The lowest BCUT2D eigenvalue weighted by Crippen LogP contribution is -2.43. The van der Waals surface area contributed by atoms with Gasteiger partial charge in [0.25, 0.3) is 0 Å². The Kier molecular flexibility index (Phi) is 6.71. The summed E-state index contributed by atoms with van der Waals surface area (Å²) in [5.41, 5.74) is 1.16. The Bertz CT molecular complexity index is 517. The van der Waals surface area contributed by atoms with Gasteiger partial charge >= 0.3 is 0 Å². The second kappa shape index (κ2) is 8.77. The fourth-order valence-corrected chi connectivity index (χ4v) is 2.84. The fourth-order valence-electron chi connectivity index (χ4n) is 2.84. The van der Waals surface area contributed by atoms with Crippen molar-refractivity contribution >= 4 is 5.96 Å². The maximum atomic E-state index is 5.98. The minimum absolute atomic E-state index is 0.0762. The smallest absolute Gasteiger partial charge is 0.191 e. The fraction of sp³-hybridized carbons (Fsp3) is 0.611. The molecule has 0 aromatic heterocycles. The van der Waals surface area contributed by atoms with Gasteiger partial charge in [-0.15, -0.1) is 0 Å². The van der Waals surface area contributed by atoms with Crippen molar-refractivity contribution in [1.82, 2.24) is 15.5 Å². The number of ether oxygens (including phenoxy) is 1. The van der Waals surface area contributed by atoms with Crippen LogP contribution in [-0.4, -0.2) is 57.2 Å². The van der Waals surface area contributed by atoms with Gasteiger partial charge in [0.2, 0.25) is 0 Å². The molecule has 0 spiro atoms. The second-order valence-corrected chi connectivity index (χ2v) is 6.44. The molecule has 0 aliphatic carbocycles. The SMILES string of the molecule is CN=C(NCC1CCN(C)C1)NCC(C)Oc1ccccc1C. The van der Waals surface area contributed by atoms with Crippen LogP contribution < -0.4 is 15.4 Å². The first-order valence-corrected chi connectivity index (χ1v) is 8.44. The summed E-state index contributed by atoms with van der Waals surface area (Å²) >= 11 is 0. The second-order valence-electron chi connectivity index (χ2n) is 6.44. The summed E-state index contributed by atoms with van der Waals surface area (Å²) in [5.74, 6) is 2.50. The van der Waals surface area contributed by atoms with Gasteiger partial charge in [-0.3, -0.25) is 4.99 Å². The van der Waals surface area contributed by atoms with Gasteiger partial charge in [-0.25, -0.2) is 0 Å². The molecular formula is C18H30N4O. The Hall–Kier alpha value is -1.75. The van der Waals surface area contributed by atoms with Crippen molar-refractivity contribution in [2.24, 2.45) is 10.9 Å². The van der Waals surface area contributed by atoms with E-state index in [2.05, 4.69) is 47.5 Å². The van der Waals surface area contributed by atoms with E-state index in [9.17, 15) is 0 Å². The Morgan fingerprint density at radius 1 is 1.39 bits per heavy atom. The normalized spacial score (nSPS) is 20.3. The molecule has 128 valence electrons. The summed E-state index contributed by atoms with van der Waals surface area (Å²) in [7, 11) is 3.99. The molecule has 2 unspecified atom stereocenters. The molecule has 5 nitrogen and oxygen atoms in total. The summed E-state index contributed by atoms with van der Waals surface area (Å²) < 4.78 is 5.98. The van der Waals surface area contributed by atoms with Crippen molar-refractivity contribution < 1.29 is 4.74 Å². The first kappa shape index (κ1) is 17.6. The van der Waals surface area contributed by atoms with Gasteiger partial charge in [0.05, 0.1) is 6.54 Å². The van der Waals surface area contributed by atoms with E-state index >= 15 is 0 Å². The molecule has 1 aromatic carbocycles. The van der Waals surface area contributed by atoms with E-state index in [1.165, 1.54) is 13.0 Å². The number of hydrogen-bond acceptors (Lipinski definition) is 3. The van der Waals surface area contributed by atoms with E-state index in [1.54, 1.807) is 0 Å². The minimum atomic E-state index is 0.0762. The number of aryl methyl sites for hydroxylation is 1. The lowest BCUT2D eigenvalue weighted by molar-refractivity contribution is 0.222. The molecule has 0 bridgehead atoms. The molecule has 2 atom stereocenters. The summed E-state index contributed by atoms with van der Waals surface area (Å²) in [6.07, 6.45) is 1.33. The van der Waals surface area contributed by atoms with E-state index in [0.29, 0.717) is 5.92 Å². The van der Waals surface area contributed by atoms with Gasteiger partial charge in [-0.05, 0) is 51.4 Å². The van der Waals surface area contributed by atoms with Crippen molar-refractivity contribution in [3.63, 3.8) is 0 Å². The zero-order valence-electron chi connectivity index (χ0n) is 14.8. The van der Waals surface area contributed by atoms with Crippen LogP contribution >= 0.6 is 0 Å². The van der Waals surface area contributed by atoms with Crippen molar-refractivity contribution in [3.05, 3.63) is 29.8 Å². The zero-order chi connectivity index (χ0) is 16.7. The molecule has 1 aliphatic heterocycles. The predicted octanol–water partition coefficient (Wildman–Crippen LogP) is 1.88. The first-order valence-electron chi connectivity index (χ1n) is 8.44. The number of para-hydroxylation sites is 1. The summed E-state index contributed by atoms with van der Waals surface area (Å²) in [6, 6.07) is 8.10. The van der Waals surface area contributed by atoms with E-state index in [4.69, 9.17) is 4.74 Å². The molecule has 2 N–H and O–H groups in total. The van der Waals surface area contributed by atoms with Crippen LogP contribution in [-0.2, 0) is 0 Å². The van der Waals surface area contributed by atoms with E-state index in [0.717, 1.165) is 36.9 Å². The molecule has 1 saturated heterocycles. The van der Waals surface area contributed by atoms with Crippen molar-refractivity contribution in [3.8, 4) is 5.75 Å². The van der Waals surface area contributed by atoms with Crippen LogP contribution in [0.5, 0.6) is 5.75 Å². The number of nitrogens with zero attached hydrogens (tertiary/aromatic N) is 2. The van der Waals surface area contributed by atoms with Gasteiger partial charge in [0.15, 0.2) is 5.96 Å². The number of rotatable bonds is 6. The van der Waals surface area contributed by atoms with Crippen LogP contribution in [0.3, 0.4) is 0 Å². The van der Waals surface area contributed by atoms with Crippen molar-refractivity contribution in [1.29, 1.82) is 0 Å². The van der Waals surface area contributed by atoms with Crippen LogP contribution in [0.1, 0.15) is 18.9 Å². The highest BCUT2D eigenvalue weighted by Gasteiger charge is 2.19. The zero-order valence-corrected chi connectivity index (χ0v) is 14.8. The van der Waals surface area contributed by atoms with Gasteiger partial charge < -0.3 is 20.3 Å². The molecule has 23 heavy (non-hydrogen) atoms. The third-order valence-electron chi connectivity index (χ3n) is 4.25. The van der Waals surface area contributed by atoms with Crippen LogP contribution in [0.2, 0.25) is 0 Å². The average Bonchev–Trinajstić information content (AvgIpc) is 2.95. The van der Waals surface area contributed by atoms with Gasteiger partial charge in [-0.2, -0.15) is 0 Å². The number of likely N-dealkylation sites (tertiary alicyclic amines) is 1. The number of hydrogen-bond donors (Lipinski definition) is 2. The quantitative estimate of drug-likeness (QED) is 0.621. The molecule has 2 rings (SSSR count). The molecule has 1 fully saturated rings. The standard InChI is InChI=1S/C18H30N4O/c1-14-7-5-6-8-17(14)23-15(2)11-20-18(19-3)21-12-16-9-10-22(4)13-16/h5-8,15-16H,9-13H2,1-4H3,(H2,19,20,21). The predicted molar refractivity (Wildman–Crippen MR) is 96.2 cm³/mol. The monoisotopic (exact) mass is 318 g/mol. The van der Waals surface area contributed by atoms with E-state index in [-0.39, 0.29) is 6.10 Å². The van der Waals surface area contributed by atoms with E-state index in [1.807, 2.05) is 25.2 Å². The van der Waals surface area contributed by atoms with Crippen molar-refractivity contribution in [2.45, 2.75) is 26.4 Å². The Labute approximate surface area is 140 Å². The molecule has 0 saturated carbocycles. The Balaban J connectivity index is 1.71. The third kappa shape index (κ3) is 5.75. The van der Waals surface area contributed by atoms with Crippen LogP contribution in [0.4, 0.5) is 0 Å². The number of aliphatic imine (C=N–C) groups is 1. The lowest BCUT2D eigenvalue weighted by Gasteiger charge is -2.19. The van der Waals surface area contributed by atoms with Gasteiger partial charge in [0.1, 0.15) is 11.9 Å². The Morgan fingerprint density at radius 2 is 2.17 bits per heavy atom. The first-order chi connectivity index (χ1) is 11.1. The van der Waals surface area contributed by atoms with Crippen LogP contribution in [0.15, 0.2) is 29.3 Å². The molecule has 5 heteroatoms. The molecule has 0 amide bonds. The maximum absolute atomic E-state index is 5.98. The molecule has 1 aliphatic rings. The summed E-state index contributed by atoms with van der Waals surface area (Å²) in [4.78, 5) is 6.67. The minimum Gasteiger partial charge on any atom is -0.489 e. The van der Waals surface area contributed by atoms with E-state index < -0.39 is 0 Å². The number of benzene rings is 1. The van der Waals surface area contributed by atoms with Gasteiger partial charge in [-0.1, -0.05) is 18.2 Å². The number of nitrogens with one attached hydrogen (secondary N) is 2. The maximum Gasteiger partial charge on any atom is 0.191 e. The van der Waals surface area contributed by atoms with Crippen LogP contribution in [0, 0.1) is 12.8 Å². The lowest BCUT2D eigenvalue weighted by atomic mass is 10.1.